The van der Waals surface area contributed by atoms with Crippen molar-refractivity contribution in [1.82, 2.24) is 10.2 Å². The Hall–Kier alpha value is -2.24. The third-order valence-corrected chi connectivity index (χ3v) is 4.92. The highest BCUT2D eigenvalue weighted by Crippen LogP contribution is 2.26. The molecule has 1 aliphatic heterocycles. The molecule has 0 radical (unpaired) electrons. The molecule has 0 aliphatic carbocycles. The Labute approximate surface area is 177 Å². The molecule has 5 nitrogen and oxygen atoms in total. The largest absolute Gasteiger partial charge is 0.457 e. The average molecular weight is 417 g/mol. The summed E-state index contributed by atoms with van der Waals surface area (Å²) >= 11 is 5.95. The molecule has 156 valence electrons. The van der Waals surface area contributed by atoms with E-state index in [9.17, 15) is 4.79 Å². The van der Waals surface area contributed by atoms with Gasteiger partial charge in [-0.25, -0.2) is 4.79 Å². The van der Waals surface area contributed by atoms with Gasteiger partial charge in [0.05, 0.1) is 0 Å². The summed E-state index contributed by atoms with van der Waals surface area (Å²) in [6.45, 7) is 7.72. The summed E-state index contributed by atoms with van der Waals surface area (Å²) < 4.78 is 11.5. The molecule has 0 bridgehead atoms. The minimum absolute atomic E-state index is 0.222. The number of halogens is 1. The molecule has 6 heteroatoms. The molecule has 0 saturated carbocycles. The highest BCUT2D eigenvalue weighted by Gasteiger charge is 2.27. The van der Waals surface area contributed by atoms with Gasteiger partial charge in [-0.1, -0.05) is 29.8 Å². The van der Waals surface area contributed by atoms with Gasteiger partial charge in [-0.3, -0.25) is 0 Å². The van der Waals surface area contributed by atoms with Gasteiger partial charge in [0.25, 0.3) is 0 Å². The van der Waals surface area contributed by atoms with E-state index >= 15 is 0 Å². The highest BCUT2D eigenvalue weighted by atomic mass is 35.5. The fourth-order valence-electron chi connectivity index (χ4n) is 3.27. The van der Waals surface area contributed by atoms with Crippen LogP contribution < -0.4 is 10.1 Å². The summed E-state index contributed by atoms with van der Waals surface area (Å²) in [6.07, 6.45) is 1.75. The van der Waals surface area contributed by atoms with Crippen molar-refractivity contribution in [2.75, 3.05) is 13.1 Å². The number of amides is 1. The topological polar surface area (TPSA) is 50.8 Å². The fraction of sp³-hybridized carbons (Fsp3) is 0.435. The van der Waals surface area contributed by atoms with Crippen molar-refractivity contribution >= 4 is 17.7 Å². The molecule has 29 heavy (non-hydrogen) atoms. The third-order valence-electron chi connectivity index (χ3n) is 4.67. The Morgan fingerprint density at radius 1 is 1.17 bits per heavy atom. The van der Waals surface area contributed by atoms with Gasteiger partial charge < -0.3 is 19.7 Å². The molecule has 2 aromatic carbocycles. The lowest BCUT2D eigenvalue weighted by molar-refractivity contribution is 0.0187. The first kappa shape index (κ1) is 21.5. The zero-order chi connectivity index (χ0) is 20.9. The minimum Gasteiger partial charge on any atom is -0.457 e. The standard InChI is InChI=1S/C23H29ClN2O3/c1-23(2,3)29-22(27)26-14-6-8-19(16-26)25-15-17-7-4-5-9-21(17)28-20-12-10-18(24)11-13-20/h4-5,7,9-13,19,25H,6,8,14-16H2,1-3H3. The Bertz CT molecular complexity index is 818. The first-order valence-corrected chi connectivity index (χ1v) is 10.4. The van der Waals surface area contributed by atoms with Crippen LogP contribution in [0, 0.1) is 0 Å². The normalized spacial score (nSPS) is 17.1. The van der Waals surface area contributed by atoms with E-state index in [1.807, 2.05) is 69.3 Å². The van der Waals surface area contributed by atoms with Gasteiger partial charge in [-0.2, -0.15) is 0 Å². The number of para-hydroxylation sites is 1. The van der Waals surface area contributed by atoms with Crippen molar-refractivity contribution < 1.29 is 14.3 Å². The van der Waals surface area contributed by atoms with Gasteiger partial charge in [0.2, 0.25) is 0 Å². The van der Waals surface area contributed by atoms with E-state index < -0.39 is 5.60 Å². The summed E-state index contributed by atoms with van der Waals surface area (Å²) in [5.41, 5.74) is 0.590. The van der Waals surface area contributed by atoms with E-state index in [-0.39, 0.29) is 12.1 Å². The van der Waals surface area contributed by atoms with Gasteiger partial charge in [-0.15, -0.1) is 0 Å². The van der Waals surface area contributed by atoms with Crippen LogP contribution in [-0.4, -0.2) is 35.7 Å². The van der Waals surface area contributed by atoms with Crippen molar-refractivity contribution in [3.05, 3.63) is 59.1 Å². The van der Waals surface area contributed by atoms with Crippen LogP contribution in [0.15, 0.2) is 48.5 Å². The van der Waals surface area contributed by atoms with E-state index in [1.54, 1.807) is 4.90 Å². The molecule has 1 heterocycles. The number of likely N-dealkylation sites (tertiary alicyclic amines) is 1. The van der Waals surface area contributed by atoms with Crippen molar-refractivity contribution in [3.8, 4) is 11.5 Å². The summed E-state index contributed by atoms with van der Waals surface area (Å²) in [5, 5.41) is 4.25. The molecule has 1 saturated heterocycles. The zero-order valence-electron chi connectivity index (χ0n) is 17.3. The van der Waals surface area contributed by atoms with E-state index in [1.165, 1.54) is 0 Å². The maximum Gasteiger partial charge on any atom is 0.410 e. The molecule has 1 N–H and O–H groups in total. The zero-order valence-corrected chi connectivity index (χ0v) is 18.0. The van der Waals surface area contributed by atoms with E-state index in [4.69, 9.17) is 21.1 Å². The Kier molecular flexibility index (Phi) is 7.04. The number of hydrogen-bond acceptors (Lipinski definition) is 4. The van der Waals surface area contributed by atoms with Crippen LogP contribution in [0.1, 0.15) is 39.2 Å². The first-order valence-electron chi connectivity index (χ1n) is 10.0. The lowest BCUT2D eigenvalue weighted by Crippen LogP contribution is -2.49. The SMILES string of the molecule is CC(C)(C)OC(=O)N1CCCC(NCc2ccccc2Oc2ccc(Cl)cc2)C1. The van der Waals surface area contributed by atoms with Crippen LogP contribution in [0.4, 0.5) is 4.79 Å². The summed E-state index contributed by atoms with van der Waals surface area (Å²) in [5.74, 6) is 1.55. The Balaban J connectivity index is 1.58. The molecule has 3 rings (SSSR count). The lowest BCUT2D eigenvalue weighted by Gasteiger charge is -2.34. The van der Waals surface area contributed by atoms with E-state index in [0.717, 1.165) is 36.4 Å². The van der Waals surface area contributed by atoms with Gasteiger partial charge in [0.1, 0.15) is 17.1 Å². The summed E-state index contributed by atoms with van der Waals surface area (Å²) in [7, 11) is 0. The number of rotatable bonds is 5. The Morgan fingerprint density at radius 2 is 1.90 bits per heavy atom. The lowest BCUT2D eigenvalue weighted by atomic mass is 10.1. The highest BCUT2D eigenvalue weighted by molar-refractivity contribution is 6.30. The van der Waals surface area contributed by atoms with Crippen LogP contribution in [0.2, 0.25) is 5.02 Å². The summed E-state index contributed by atoms with van der Waals surface area (Å²) in [6, 6.07) is 15.5. The smallest absolute Gasteiger partial charge is 0.410 e. The number of ether oxygens (including phenoxy) is 2. The molecular weight excluding hydrogens is 388 g/mol. The predicted molar refractivity (Wildman–Crippen MR) is 116 cm³/mol. The van der Waals surface area contributed by atoms with Crippen LogP contribution in [0.5, 0.6) is 11.5 Å². The van der Waals surface area contributed by atoms with Crippen LogP contribution in [-0.2, 0) is 11.3 Å². The monoisotopic (exact) mass is 416 g/mol. The van der Waals surface area contributed by atoms with Crippen LogP contribution >= 0.6 is 11.6 Å². The summed E-state index contributed by atoms with van der Waals surface area (Å²) in [4.78, 5) is 14.2. The van der Waals surface area contributed by atoms with Gasteiger partial charge in [0, 0.05) is 36.3 Å². The van der Waals surface area contributed by atoms with Crippen LogP contribution in [0.3, 0.4) is 0 Å². The molecule has 1 aliphatic rings. The average Bonchev–Trinajstić information content (AvgIpc) is 2.68. The fourth-order valence-corrected chi connectivity index (χ4v) is 3.40. The molecule has 0 aromatic heterocycles. The van der Waals surface area contributed by atoms with Crippen molar-refractivity contribution in [2.45, 2.75) is 51.8 Å². The second-order valence-corrected chi connectivity index (χ2v) is 8.75. The third kappa shape index (κ3) is 6.65. The molecule has 1 amide bonds. The van der Waals surface area contributed by atoms with Crippen molar-refractivity contribution in [3.63, 3.8) is 0 Å². The number of nitrogens with one attached hydrogen (secondary N) is 1. The number of carbonyl (C=O) groups excluding carboxylic acids is 1. The number of hydrogen-bond donors (Lipinski definition) is 1. The number of carbonyl (C=O) groups is 1. The number of nitrogens with zero attached hydrogens (tertiary/aromatic N) is 1. The van der Waals surface area contributed by atoms with Gasteiger partial charge >= 0.3 is 6.09 Å². The van der Waals surface area contributed by atoms with E-state index in [0.29, 0.717) is 18.1 Å². The van der Waals surface area contributed by atoms with Crippen LogP contribution in [0.25, 0.3) is 0 Å². The molecule has 1 atom stereocenters. The molecule has 1 fully saturated rings. The number of benzene rings is 2. The second-order valence-electron chi connectivity index (χ2n) is 8.31. The molecule has 1 unspecified atom stereocenters. The molecule has 2 aromatic rings. The molecule has 0 spiro atoms. The maximum atomic E-state index is 12.4. The van der Waals surface area contributed by atoms with Gasteiger partial charge in [-0.05, 0) is 63.9 Å². The predicted octanol–water partition coefficient (Wildman–Crippen LogP) is 5.62. The maximum absolute atomic E-state index is 12.4. The second kappa shape index (κ2) is 9.51. The van der Waals surface area contributed by atoms with E-state index in [2.05, 4.69) is 5.32 Å². The Morgan fingerprint density at radius 3 is 2.62 bits per heavy atom. The first-order chi connectivity index (χ1) is 13.8. The minimum atomic E-state index is -0.477. The quantitative estimate of drug-likeness (QED) is 0.687. The van der Waals surface area contributed by atoms with Crippen molar-refractivity contribution in [1.29, 1.82) is 0 Å². The van der Waals surface area contributed by atoms with Gasteiger partial charge in [0.15, 0.2) is 0 Å². The number of piperidine rings is 1. The van der Waals surface area contributed by atoms with Crippen molar-refractivity contribution in [2.24, 2.45) is 0 Å². The molecular formula is C23H29ClN2O3.